The second-order valence-corrected chi connectivity index (χ2v) is 5.41. The first-order chi connectivity index (χ1) is 6.96. The third-order valence-corrected chi connectivity index (χ3v) is 3.91. The predicted octanol–water partition coefficient (Wildman–Crippen LogP) is 2.36. The van der Waals surface area contributed by atoms with Crippen molar-refractivity contribution in [2.24, 2.45) is 0 Å². The Morgan fingerprint density at radius 2 is 2.33 bits per heavy atom. The lowest BCUT2D eigenvalue weighted by Crippen LogP contribution is -2.40. The minimum Gasteiger partial charge on any atom is -0.442 e. The van der Waals surface area contributed by atoms with Crippen LogP contribution in [0.4, 0.5) is 0 Å². The number of carbonyl (C=O) groups is 1. The minimum absolute atomic E-state index is 0.0895. The Morgan fingerprint density at radius 3 is 2.93 bits per heavy atom. The number of carbonyl (C=O) groups excluding carboxylic acids is 1. The van der Waals surface area contributed by atoms with Crippen LogP contribution in [0.3, 0.4) is 0 Å². The van der Waals surface area contributed by atoms with Crippen LogP contribution in [-0.2, 0) is 14.3 Å². The molecule has 0 amide bonds. The summed E-state index contributed by atoms with van der Waals surface area (Å²) in [6.45, 7) is 9.79. The molecule has 1 heterocycles. The summed E-state index contributed by atoms with van der Waals surface area (Å²) in [6, 6.07) is 0. The maximum atomic E-state index is 11.5. The Hall–Kier alpha value is -0.480. The second-order valence-electron chi connectivity index (χ2n) is 3.90. The zero-order chi connectivity index (χ0) is 11.5. The van der Waals surface area contributed by atoms with E-state index in [1.54, 1.807) is 18.7 Å². The number of hydrogen-bond acceptors (Lipinski definition) is 4. The average molecular weight is 230 g/mol. The Balaban J connectivity index is 2.69. The van der Waals surface area contributed by atoms with Crippen molar-refractivity contribution >= 4 is 17.7 Å². The van der Waals surface area contributed by atoms with Gasteiger partial charge in [0.1, 0.15) is 6.10 Å². The Bertz CT molecular complexity index is 265. The molecular weight excluding hydrogens is 212 g/mol. The van der Waals surface area contributed by atoms with Crippen molar-refractivity contribution in [3.8, 4) is 0 Å². The summed E-state index contributed by atoms with van der Waals surface area (Å²) in [5.41, 5.74) is 0.424. The van der Waals surface area contributed by atoms with Crippen molar-refractivity contribution in [3.05, 3.63) is 12.2 Å². The highest BCUT2D eigenvalue weighted by Gasteiger charge is 2.38. The molecule has 15 heavy (non-hydrogen) atoms. The van der Waals surface area contributed by atoms with Gasteiger partial charge in [0.15, 0.2) is 4.93 Å². The number of rotatable bonds is 2. The van der Waals surface area contributed by atoms with Gasteiger partial charge in [0.05, 0.1) is 0 Å². The van der Waals surface area contributed by atoms with Crippen molar-refractivity contribution in [2.75, 3.05) is 12.4 Å². The topological polar surface area (TPSA) is 35.5 Å². The summed E-state index contributed by atoms with van der Waals surface area (Å²) >= 11 is 1.63. The van der Waals surface area contributed by atoms with E-state index in [0.717, 1.165) is 18.8 Å². The van der Waals surface area contributed by atoms with Crippen molar-refractivity contribution in [2.45, 2.75) is 38.2 Å². The summed E-state index contributed by atoms with van der Waals surface area (Å²) in [5.74, 6) is 0.604. The van der Waals surface area contributed by atoms with Crippen LogP contribution >= 0.6 is 11.8 Å². The quantitative estimate of drug-likeness (QED) is 0.539. The third-order valence-electron chi connectivity index (χ3n) is 2.43. The SMILES string of the molecule is C=C(C)C(=O)OC1(C)SCCCOC1C. The molecule has 86 valence electrons. The molecule has 3 nitrogen and oxygen atoms in total. The van der Waals surface area contributed by atoms with E-state index in [4.69, 9.17) is 9.47 Å². The summed E-state index contributed by atoms with van der Waals surface area (Å²) in [5, 5.41) is 0. The van der Waals surface area contributed by atoms with Gasteiger partial charge in [-0.15, -0.1) is 11.8 Å². The summed E-state index contributed by atoms with van der Waals surface area (Å²) in [6.07, 6.45) is 0.906. The van der Waals surface area contributed by atoms with Crippen LogP contribution in [-0.4, -0.2) is 29.4 Å². The van der Waals surface area contributed by atoms with Gasteiger partial charge in [-0.2, -0.15) is 0 Å². The third kappa shape index (κ3) is 3.24. The van der Waals surface area contributed by atoms with Crippen LogP contribution < -0.4 is 0 Å². The summed E-state index contributed by atoms with van der Waals surface area (Å²) in [4.78, 5) is 10.9. The number of hydrogen-bond donors (Lipinski definition) is 0. The van der Waals surface area contributed by atoms with Crippen molar-refractivity contribution in [1.29, 1.82) is 0 Å². The summed E-state index contributed by atoms with van der Waals surface area (Å²) < 4.78 is 11.0. The first-order valence-corrected chi connectivity index (χ1v) is 6.08. The average Bonchev–Trinajstić information content (AvgIpc) is 2.30. The first kappa shape index (κ1) is 12.6. The first-order valence-electron chi connectivity index (χ1n) is 5.10. The fraction of sp³-hybridized carbons (Fsp3) is 0.727. The van der Waals surface area contributed by atoms with Gasteiger partial charge in [0.25, 0.3) is 0 Å². The van der Waals surface area contributed by atoms with Gasteiger partial charge in [-0.3, -0.25) is 0 Å². The molecule has 2 atom stereocenters. The number of thioether (sulfide) groups is 1. The largest absolute Gasteiger partial charge is 0.442 e. The van der Waals surface area contributed by atoms with Crippen LogP contribution in [0.5, 0.6) is 0 Å². The van der Waals surface area contributed by atoms with E-state index in [0.29, 0.717) is 5.57 Å². The van der Waals surface area contributed by atoms with Crippen LogP contribution in [0.1, 0.15) is 27.2 Å². The summed E-state index contributed by atoms with van der Waals surface area (Å²) in [7, 11) is 0. The standard InChI is InChI=1S/C11H18O3S/c1-8(2)10(12)14-11(4)9(3)13-6-5-7-15-11/h9H,1,5-7H2,2-4H3. The molecule has 0 aliphatic carbocycles. The lowest BCUT2D eigenvalue weighted by molar-refractivity contribution is -0.154. The van der Waals surface area contributed by atoms with Crippen LogP contribution in [0.15, 0.2) is 12.2 Å². The highest BCUT2D eigenvalue weighted by molar-refractivity contribution is 8.00. The molecule has 1 saturated heterocycles. The van der Waals surface area contributed by atoms with E-state index in [2.05, 4.69) is 6.58 Å². The molecule has 1 rings (SSSR count). The van der Waals surface area contributed by atoms with Gasteiger partial charge in [-0.1, -0.05) is 6.58 Å². The molecule has 0 aromatic heterocycles. The smallest absolute Gasteiger partial charge is 0.334 e. The maximum Gasteiger partial charge on any atom is 0.334 e. The van der Waals surface area contributed by atoms with Crippen LogP contribution in [0.2, 0.25) is 0 Å². The highest BCUT2D eigenvalue weighted by Crippen LogP contribution is 2.35. The van der Waals surface area contributed by atoms with E-state index in [9.17, 15) is 4.79 Å². The van der Waals surface area contributed by atoms with E-state index in [1.165, 1.54) is 0 Å². The molecule has 0 aromatic carbocycles. The van der Waals surface area contributed by atoms with Crippen LogP contribution in [0, 0.1) is 0 Å². The Labute approximate surface area is 95.2 Å². The molecule has 1 fully saturated rings. The second kappa shape index (κ2) is 5.03. The van der Waals surface area contributed by atoms with E-state index < -0.39 is 4.93 Å². The maximum absolute atomic E-state index is 11.5. The van der Waals surface area contributed by atoms with Crippen molar-refractivity contribution in [3.63, 3.8) is 0 Å². The molecule has 2 unspecified atom stereocenters. The van der Waals surface area contributed by atoms with Gasteiger partial charge in [-0.25, -0.2) is 4.79 Å². The predicted molar refractivity (Wildman–Crippen MR) is 61.8 cm³/mol. The molecule has 4 heteroatoms. The van der Waals surface area contributed by atoms with Gasteiger partial charge in [0.2, 0.25) is 0 Å². The molecule has 0 saturated carbocycles. The molecular formula is C11H18O3S. The van der Waals surface area contributed by atoms with Crippen LogP contribution in [0.25, 0.3) is 0 Å². The fourth-order valence-corrected chi connectivity index (χ4v) is 2.35. The van der Waals surface area contributed by atoms with E-state index in [-0.39, 0.29) is 12.1 Å². The molecule has 0 spiro atoms. The zero-order valence-electron chi connectivity index (χ0n) is 9.54. The van der Waals surface area contributed by atoms with E-state index in [1.807, 2.05) is 13.8 Å². The molecule has 0 bridgehead atoms. The van der Waals surface area contributed by atoms with Crippen molar-refractivity contribution < 1.29 is 14.3 Å². The molecule has 1 aliphatic rings. The monoisotopic (exact) mass is 230 g/mol. The molecule has 1 aliphatic heterocycles. The lowest BCUT2D eigenvalue weighted by Gasteiger charge is -2.32. The molecule has 0 radical (unpaired) electrons. The molecule has 0 N–H and O–H groups in total. The number of ether oxygens (including phenoxy) is 2. The Morgan fingerprint density at radius 1 is 1.67 bits per heavy atom. The van der Waals surface area contributed by atoms with Gasteiger partial charge < -0.3 is 9.47 Å². The molecule has 0 aromatic rings. The van der Waals surface area contributed by atoms with Gasteiger partial charge in [0, 0.05) is 12.2 Å². The highest BCUT2D eigenvalue weighted by atomic mass is 32.2. The lowest BCUT2D eigenvalue weighted by atomic mass is 10.2. The fourth-order valence-electron chi connectivity index (χ4n) is 1.25. The van der Waals surface area contributed by atoms with Gasteiger partial charge in [-0.05, 0) is 32.9 Å². The minimum atomic E-state index is -0.591. The Kier molecular flexibility index (Phi) is 4.22. The normalized spacial score (nSPS) is 31.8. The van der Waals surface area contributed by atoms with Gasteiger partial charge >= 0.3 is 5.97 Å². The number of esters is 1. The zero-order valence-corrected chi connectivity index (χ0v) is 10.4. The van der Waals surface area contributed by atoms with Crippen molar-refractivity contribution in [1.82, 2.24) is 0 Å². The van der Waals surface area contributed by atoms with E-state index >= 15 is 0 Å².